The smallest absolute Gasteiger partial charge is 0.351 e. The Kier molecular flexibility index (Phi) is 7.14. The summed E-state index contributed by atoms with van der Waals surface area (Å²) >= 11 is 0. The van der Waals surface area contributed by atoms with Crippen LogP contribution in [0.3, 0.4) is 0 Å². The number of methoxy groups -OCH3 is 2. The highest BCUT2D eigenvalue weighted by Gasteiger charge is 2.65. The molecule has 0 amide bonds. The minimum Gasteiger partial charge on any atom is -0.497 e. The zero-order chi connectivity index (χ0) is 27.6. The molecule has 2 heterocycles. The van der Waals surface area contributed by atoms with Crippen molar-refractivity contribution in [3.05, 3.63) is 118 Å². The van der Waals surface area contributed by atoms with Crippen molar-refractivity contribution >= 4 is 5.82 Å². The van der Waals surface area contributed by atoms with Gasteiger partial charge in [0.15, 0.2) is 5.72 Å². The van der Waals surface area contributed by atoms with Crippen LogP contribution in [0.15, 0.2) is 95.9 Å². The van der Waals surface area contributed by atoms with E-state index in [1.165, 1.54) is 16.8 Å². The predicted octanol–water partition coefficient (Wildman–Crippen LogP) is 2.67. The number of nitrogens with zero attached hydrogens (tertiary/aromatic N) is 2. The number of nitrogen functional groups attached to an aromatic ring is 1. The Morgan fingerprint density at radius 3 is 1.95 bits per heavy atom. The summed E-state index contributed by atoms with van der Waals surface area (Å²) in [4.78, 5) is 17.6. The second-order valence-corrected chi connectivity index (χ2v) is 9.45. The topological polar surface area (TPSA) is 129 Å². The third-order valence-corrected chi connectivity index (χ3v) is 7.46. The van der Waals surface area contributed by atoms with E-state index in [1.54, 1.807) is 14.2 Å². The molecule has 0 unspecified atom stereocenters. The van der Waals surface area contributed by atoms with Crippen LogP contribution in [0, 0.1) is 0 Å². The van der Waals surface area contributed by atoms with Gasteiger partial charge in [0.25, 0.3) is 0 Å². The Morgan fingerprint density at radius 2 is 1.49 bits per heavy atom. The van der Waals surface area contributed by atoms with E-state index in [1.807, 2.05) is 78.9 Å². The second kappa shape index (κ2) is 10.5. The lowest BCUT2D eigenvalue weighted by Gasteiger charge is -2.51. The van der Waals surface area contributed by atoms with Crippen LogP contribution in [0.25, 0.3) is 0 Å². The van der Waals surface area contributed by atoms with Gasteiger partial charge >= 0.3 is 5.69 Å². The molecule has 9 nitrogen and oxygen atoms in total. The molecule has 0 aliphatic carbocycles. The lowest BCUT2D eigenvalue weighted by Crippen LogP contribution is -2.63. The van der Waals surface area contributed by atoms with E-state index >= 15 is 0 Å². The molecule has 9 heteroatoms. The third kappa shape index (κ3) is 4.15. The average Bonchev–Trinajstić information content (AvgIpc) is 3.31. The van der Waals surface area contributed by atoms with Gasteiger partial charge in [0.2, 0.25) is 0 Å². The van der Waals surface area contributed by atoms with E-state index < -0.39 is 29.0 Å². The first kappa shape index (κ1) is 26.4. The van der Waals surface area contributed by atoms with Crippen LogP contribution >= 0.6 is 0 Å². The standard InChI is InChI=1S/C30H31N3O6/c1-37-23-12-8-21(9-13-23)29(20-6-4-3-5-7-20,22-10-14-24(38-2)15-11-22)30(26(35)18-25(19-34)39-30)33-17-16-27(31)32-28(33)36/h3-17,25-26,34-35H,18-19H2,1-2H3,(H2,31,32,36)/t25-,26+,30-/m0/s1. The molecule has 1 aliphatic heterocycles. The number of aliphatic hydroxyl groups excluding tert-OH is 2. The molecule has 3 aromatic carbocycles. The van der Waals surface area contributed by atoms with Crippen LogP contribution in [0.4, 0.5) is 5.82 Å². The quantitative estimate of drug-likeness (QED) is 0.297. The Hall–Kier alpha value is -4.18. The van der Waals surface area contributed by atoms with E-state index in [9.17, 15) is 15.0 Å². The molecule has 39 heavy (non-hydrogen) atoms. The molecule has 1 saturated heterocycles. The Balaban J connectivity index is 1.99. The zero-order valence-electron chi connectivity index (χ0n) is 21.7. The van der Waals surface area contributed by atoms with Crippen molar-refractivity contribution < 1.29 is 24.4 Å². The number of aromatic nitrogens is 2. The lowest BCUT2D eigenvalue weighted by molar-refractivity contribution is -0.180. The predicted molar refractivity (Wildman–Crippen MR) is 146 cm³/mol. The first-order valence-corrected chi connectivity index (χ1v) is 12.6. The molecule has 1 aromatic heterocycles. The molecule has 0 radical (unpaired) electrons. The van der Waals surface area contributed by atoms with Gasteiger partial charge in [0, 0.05) is 12.6 Å². The number of hydrogen-bond donors (Lipinski definition) is 3. The molecule has 0 bridgehead atoms. The highest BCUT2D eigenvalue weighted by molar-refractivity contribution is 5.56. The summed E-state index contributed by atoms with van der Waals surface area (Å²) in [6.45, 7) is -0.355. The van der Waals surface area contributed by atoms with Crippen LogP contribution in [-0.4, -0.2) is 52.8 Å². The van der Waals surface area contributed by atoms with Crippen LogP contribution in [0.2, 0.25) is 0 Å². The lowest BCUT2D eigenvalue weighted by atomic mass is 9.61. The summed E-state index contributed by atoms with van der Waals surface area (Å²) in [5, 5.41) is 22.2. The fourth-order valence-corrected chi connectivity index (χ4v) is 5.80. The number of aliphatic hydroxyl groups is 2. The Bertz CT molecular complexity index is 1430. The summed E-state index contributed by atoms with van der Waals surface area (Å²) in [7, 11) is 3.17. The maximum atomic E-state index is 13.6. The van der Waals surface area contributed by atoms with Gasteiger partial charge in [-0.15, -0.1) is 0 Å². The normalized spacial score (nSPS) is 21.0. The van der Waals surface area contributed by atoms with E-state index in [2.05, 4.69) is 4.98 Å². The number of benzene rings is 3. The van der Waals surface area contributed by atoms with Crippen molar-refractivity contribution in [2.24, 2.45) is 0 Å². The van der Waals surface area contributed by atoms with Gasteiger partial charge in [-0.3, -0.25) is 4.57 Å². The fraction of sp³-hybridized carbons (Fsp3) is 0.267. The van der Waals surface area contributed by atoms with Crippen LogP contribution in [0.1, 0.15) is 23.1 Å². The van der Waals surface area contributed by atoms with Crippen molar-refractivity contribution in [2.75, 3.05) is 26.6 Å². The number of ether oxygens (including phenoxy) is 3. The summed E-state index contributed by atoms with van der Waals surface area (Å²) < 4.78 is 18.9. The van der Waals surface area contributed by atoms with E-state index in [4.69, 9.17) is 19.9 Å². The van der Waals surface area contributed by atoms with Crippen LogP contribution < -0.4 is 20.9 Å². The molecule has 0 saturated carbocycles. The average molecular weight is 530 g/mol. The summed E-state index contributed by atoms with van der Waals surface area (Å²) in [6.07, 6.45) is -0.446. The van der Waals surface area contributed by atoms with Gasteiger partial charge in [-0.2, -0.15) is 4.98 Å². The van der Waals surface area contributed by atoms with E-state index in [0.717, 1.165) is 5.56 Å². The molecule has 3 atom stereocenters. The monoisotopic (exact) mass is 529 g/mol. The SMILES string of the molecule is COc1ccc(C(c2ccccc2)(c2ccc(OC)cc2)[C@@]2(n3ccc(N)nc3=O)O[C@H](CO)C[C@H]2O)cc1. The van der Waals surface area contributed by atoms with Crippen molar-refractivity contribution in [3.63, 3.8) is 0 Å². The molecule has 4 aromatic rings. The van der Waals surface area contributed by atoms with Crippen LogP contribution in [-0.2, 0) is 15.9 Å². The minimum atomic E-state index is -1.79. The molecular formula is C30H31N3O6. The van der Waals surface area contributed by atoms with Crippen molar-refractivity contribution in [3.8, 4) is 11.5 Å². The molecular weight excluding hydrogens is 498 g/mol. The molecule has 1 aliphatic rings. The number of nitrogens with two attached hydrogens (primary N) is 1. The molecule has 202 valence electrons. The first-order chi connectivity index (χ1) is 18.9. The summed E-state index contributed by atoms with van der Waals surface area (Å²) in [5.41, 5.74) is 4.20. The van der Waals surface area contributed by atoms with Crippen molar-refractivity contribution in [2.45, 2.75) is 29.8 Å². The van der Waals surface area contributed by atoms with Crippen molar-refractivity contribution in [1.29, 1.82) is 0 Å². The highest BCUT2D eigenvalue weighted by Crippen LogP contribution is 2.57. The van der Waals surface area contributed by atoms with Crippen LogP contribution in [0.5, 0.6) is 11.5 Å². The molecule has 4 N–H and O–H groups in total. The van der Waals surface area contributed by atoms with Gasteiger partial charge in [0.1, 0.15) is 23.4 Å². The van der Waals surface area contributed by atoms with Gasteiger partial charge in [-0.1, -0.05) is 54.6 Å². The van der Waals surface area contributed by atoms with Gasteiger partial charge in [-0.25, -0.2) is 4.79 Å². The maximum absolute atomic E-state index is 13.6. The molecule has 1 fully saturated rings. The van der Waals surface area contributed by atoms with E-state index in [-0.39, 0.29) is 18.8 Å². The summed E-state index contributed by atoms with van der Waals surface area (Å²) in [5.74, 6) is 1.31. The van der Waals surface area contributed by atoms with E-state index in [0.29, 0.717) is 22.6 Å². The molecule has 0 spiro atoms. The van der Waals surface area contributed by atoms with Gasteiger partial charge in [0.05, 0.1) is 32.3 Å². The second-order valence-electron chi connectivity index (χ2n) is 9.45. The first-order valence-electron chi connectivity index (χ1n) is 12.6. The van der Waals surface area contributed by atoms with Gasteiger partial charge in [-0.05, 0) is 47.0 Å². The zero-order valence-corrected chi connectivity index (χ0v) is 21.7. The maximum Gasteiger partial charge on any atom is 0.351 e. The minimum absolute atomic E-state index is 0.0387. The highest BCUT2D eigenvalue weighted by atomic mass is 16.6. The number of anilines is 1. The Labute approximate surface area is 226 Å². The van der Waals surface area contributed by atoms with Gasteiger partial charge < -0.3 is 30.2 Å². The number of hydrogen-bond acceptors (Lipinski definition) is 8. The number of rotatable bonds is 8. The fourth-order valence-electron chi connectivity index (χ4n) is 5.80. The Morgan fingerprint density at radius 1 is 0.949 bits per heavy atom. The third-order valence-electron chi connectivity index (χ3n) is 7.46. The van der Waals surface area contributed by atoms with Crippen molar-refractivity contribution in [1.82, 2.24) is 9.55 Å². The summed E-state index contributed by atoms with van der Waals surface area (Å²) in [6, 6.07) is 25.8. The molecule has 5 rings (SSSR count). The largest absolute Gasteiger partial charge is 0.497 e.